The van der Waals surface area contributed by atoms with Gasteiger partial charge in [-0.3, -0.25) is 15.1 Å². The van der Waals surface area contributed by atoms with Gasteiger partial charge in [0.25, 0.3) is 0 Å². The molecular formula is C6H3F3N2O3. The van der Waals surface area contributed by atoms with E-state index in [0.29, 0.717) is 12.4 Å². The summed E-state index contributed by atoms with van der Waals surface area (Å²) >= 11 is 0. The lowest BCUT2D eigenvalue weighted by Gasteiger charge is -2.07. The molecule has 0 saturated heterocycles. The third-order valence-electron chi connectivity index (χ3n) is 1.39. The van der Waals surface area contributed by atoms with E-state index >= 15 is 0 Å². The predicted octanol–water partition coefficient (Wildman–Crippen LogP) is 1.71. The highest BCUT2D eigenvalue weighted by Crippen LogP contribution is 2.40. The van der Waals surface area contributed by atoms with Crippen molar-refractivity contribution in [3.63, 3.8) is 0 Å². The molecule has 76 valence electrons. The zero-order valence-electron chi connectivity index (χ0n) is 6.45. The van der Waals surface area contributed by atoms with Gasteiger partial charge < -0.3 is 5.11 Å². The second kappa shape index (κ2) is 3.13. The number of nitrogens with zero attached hydrogens (tertiary/aromatic N) is 2. The van der Waals surface area contributed by atoms with Crippen LogP contribution in [0, 0.1) is 10.1 Å². The number of hydrogen-bond acceptors (Lipinski definition) is 4. The summed E-state index contributed by atoms with van der Waals surface area (Å²) in [6.45, 7) is 0. The van der Waals surface area contributed by atoms with Crippen LogP contribution in [0.2, 0.25) is 0 Å². The minimum absolute atomic E-state index is 0.433. The first-order chi connectivity index (χ1) is 6.34. The number of rotatable bonds is 1. The first-order valence-electron chi connectivity index (χ1n) is 3.22. The van der Waals surface area contributed by atoms with Crippen LogP contribution in [-0.2, 0) is 6.18 Å². The molecule has 0 atom stereocenters. The molecule has 0 aliphatic heterocycles. The number of hydrogen-bond donors (Lipinski definition) is 1. The Labute approximate surface area is 75.0 Å². The smallest absolute Gasteiger partial charge is 0.426 e. The van der Waals surface area contributed by atoms with E-state index in [1.807, 2.05) is 0 Å². The Balaban J connectivity index is 3.45. The van der Waals surface area contributed by atoms with Gasteiger partial charge in [-0.05, 0) is 0 Å². The van der Waals surface area contributed by atoms with Crippen molar-refractivity contribution >= 4 is 5.69 Å². The Morgan fingerprint density at radius 2 is 2.00 bits per heavy atom. The van der Waals surface area contributed by atoms with Crippen LogP contribution in [0.3, 0.4) is 0 Å². The van der Waals surface area contributed by atoms with Gasteiger partial charge >= 0.3 is 11.9 Å². The summed E-state index contributed by atoms with van der Waals surface area (Å²) in [6, 6.07) is 0. The molecule has 1 rings (SSSR count). The van der Waals surface area contributed by atoms with Gasteiger partial charge in [0.1, 0.15) is 6.20 Å². The number of aromatic hydroxyl groups is 1. The van der Waals surface area contributed by atoms with Crippen LogP contribution in [0.1, 0.15) is 5.56 Å². The van der Waals surface area contributed by atoms with Crippen molar-refractivity contribution in [3.8, 4) is 5.75 Å². The summed E-state index contributed by atoms with van der Waals surface area (Å²) < 4.78 is 36.5. The van der Waals surface area contributed by atoms with Gasteiger partial charge in [-0.15, -0.1) is 0 Å². The molecular weight excluding hydrogens is 205 g/mol. The molecule has 0 unspecified atom stereocenters. The normalized spacial score (nSPS) is 11.4. The Hall–Kier alpha value is -1.86. The zero-order chi connectivity index (χ0) is 10.9. The van der Waals surface area contributed by atoms with Crippen LogP contribution in [0.5, 0.6) is 5.75 Å². The first kappa shape index (κ1) is 10.2. The van der Waals surface area contributed by atoms with Gasteiger partial charge in [-0.2, -0.15) is 13.2 Å². The van der Waals surface area contributed by atoms with Crippen LogP contribution in [-0.4, -0.2) is 15.0 Å². The van der Waals surface area contributed by atoms with Gasteiger partial charge in [0, 0.05) is 0 Å². The monoisotopic (exact) mass is 208 g/mol. The molecule has 0 amide bonds. The molecule has 0 spiro atoms. The van der Waals surface area contributed by atoms with Crippen LogP contribution >= 0.6 is 0 Å². The lowest BCUT2D eigenvalue weighted by atomic mass is 10.2. The van der Waals surface area contributed by atoms with Gasteiger partial charge in [-0.1, -0.05) is 0 Å². The minimum atomic E-state index is -4.98. The molecule has 0 bridgehead atoms. The summed E-state index contributed by atoms with van der Waals surface area (Å²) in [4.78, 5) is 12.0. The average molecular weight is 208 g/mol. The van der Waals surface area contributed by atoms with E-state index in [4.69, 9.17) is 5.11 Å². The summed E-state index contributed by atoms with van der Waals surface area (Å²) in [5, 5.41) is 19.0. The van der Waals surface area contributed by atoms with Crippen molar-refractivity contribution in [2.24, 2.45) is 0 Å². The Morgan fingerprint density at radius 3 is 2.36 bits per heavy atom. The molecule has 1 N–H and O–H groups in total. The Bertz CT molecular complexity index is 377. The fourth-order valence-electron chi connectivity index (χ4n) is 0.868. The largest absolute Gasteiger partial charge is 0.505 e. The summed E-state index contributed by atoms with van der Waals surface area (Å²) in [7, 11) is 0. The highest BCUT2D eigenvalue weighted by atomic mass is 19.4. The van der Waals surface area contributed by atoms with Crippen molar-refractivity contribution in [3.05, 3.63) is 28.1 Å². The molecule has 14 heavy (non-hydrogen) atoms. The highest BCUT2D eigenvalue weighted by molar-refractivity contribution is 5.47. The lowest BCUT2D eigenvalue weighted by Crippen LogP contribution is -2.09. The van der Waals surface area contributed by atoms with Crippen LogP contribution in [0.15, 0.2) is 12.4 Å². The van der Waals surface area contributed by atoms with E-state index in [-0.39, 0.29) is 0 Å². The Morgan fingerprint density at radius 1 is 1.43 bits per heavy atom. The molecule has 0 fully saturated rings. The molecule has 1 aromatic rings. The summed E-state index contributed by atoms with van der Waals surface area (Å²) in [5.41, 5.74) is -2.95. The number of aromatic nitrogens is 1. The number of nitro groups is 1. The summed E-state index contributed by atoms with van der Waals surface area (Å²) in [5.74, 6) is -1.26. The van der Waals surface area contributed by atoms with Crippen LogP contribution in [0.4, 0.5) is 18.9 Å². The van der Waals surface area contributed by atoms with Crippen molar-refractivity contribution in [1.82, 2.24) is 4.98 Å². The van der Waals surface area contributed by atoms with Gasteiger partial charge in [0.05, 0.1) is 11.1 Å². The van der Waals surface area contributed by atoms with Gasteiger partial charge in [0.15, 0.2) is 11.3 Å². The van der Waals surface area contributed by atoms with E-state index in [1.54, 1.807) is 0 Å². The molecule has 8 heteroatoms. The fraction of sp³-hybridized carbons (Fsp3) is 0.167. The first-order valence-corrected chi connectivity index (χ1v) is 3.22. The minimum Gasteiger partial charge on any atom is -0.505 e. The predicted molar refractivity (Wildman–Crippen MR) is 37.6 cm³/mol. The molecule has 5 nitrogen and oxygen atoms in total. The number of halogens is 3. The van der Waals surface area contributed by atoms with E-state index in [1.165, 1.54) is 0 Å². The molecule has 0 aliphatic rings. The topological polar surface area (TPSA) is 76.3 Å². The van der Waals surface area contributed by atoms with Crippen molar-refractivity contribution < 1.29 is 23.2 Å². The van der Waals surface area contributed by atoms with E-state index < -0.39 is 28.1 Å². The third kappa shape index (κ3) is 1.73. The van der Waals surface area contributed by atoms with E-state index in [2.05, 4.69) is 4.98 Å². The second-order valence-corrected chi connectivity index (χ2v) is 2.31. The Kier molecular flexibility index (Phi) is 2.28. The maximum absolute atomic E-state index is 12.2. The van der Waals surface area contributed by atoms with E-state index in [0.717, 1.165) is 0 Å². The quantitative estimate of drug-likeness (QED) is 0.563. The van der Waals surface area contributed by atoms with Crippen LogP contribution in [0.25, 0.3) is 0 Å². The number of alkyl halides is 3. The molecule has 1 heterocycles. The molecule has 0 aromatic carbocycles. The molecule has 0 saturated carbocycles. The SMILES string of the molecule is O=[N+]([O-])c1cncc(O)c1C(F)(F)F. The van der Waals surface area contributed by atoms with Crippen molar-refractivity contribution in [1.29, 1.82) is 0 Å². The lowest BCUT2D eigenvalue weighted by molar-refractivity contribution is -0.388. The van der Waals surface area contributed by atoms with E-state index in [9.17, 15) is 23.3 Å². The van der Waals surface area contributed by atoms with Gasteiger partial charge in [-0.25, -0.2) is 0 Å². The van der Waals surface area contributed by atoms with Gasteiger partial charge in [0.2, 0.25) is 0 Å². The fourth-order valence-corrected chi connectivity index (χ4v) is 0.868. The molecule has 1 aromatic heterocycles. The number of pyridine rings is 1. The molecule has 0 radical (unpaired) electrons. The van der Waals surface area contributed by atoms with Crippen LogP contribution < -0.4 is 0 Å². The van der Waals surface area contributed by atoms with Crippen molar-refractivity contribution in [2.45, 2.75) is 6.18 Å². The summed E-state index contributed by atoms with van der Waals surface area (Å²) in [6.07, 6.45) is -4.05. The van der Waals surface area contributed by atoms with Crippen molar-refractivity contribution in [2.75, 3.05) is 0 Å². The zero-order valence-corrected chi connectivity index (χ0v) is 6.45. The highest BCUT2D eigenvalue weighted by Gasteiger charge is 2.41. The second-order valence-electron chi connectivity index (χ2n) is 2.31. The standard InChI is InChI=1S/C6H3F3N2O3/c7-6(8,9)5-3(11(13)14)1-10-2-4(5)12/h1-2,12H. The maximum atomic E-state index is 12.2. The molecule has 0 aliphatic carbocycles. The average Bonchev–Trinajstić information content (AvgIpc) is 2.01. The third-order valence-corrected chi connectivity index (χ3v) is 1.39. The maximum Gasteiger partial charge on any atom is 0.426 e.